The highest BCUT2D eigenvalue weighted by Gasteiger charge is 2.18. The van der Waals surface area contributed by atoms with Gasteiger partial charge >= 0.3 is 0 Å². The van der Waals surface area contributed by atoms with Gasteiger partial charge < -0.3 is 16.0 Å². The fraction of sp³-hybridized carbons (Fsp3) is 0.364. The van der Waals surface area contributed by atoms with E-state index in [1.807, 2.05) is 11.8 Å². The highest BCUT2D eigenvalue weighted by molar-refractivity contribution is 5.83. The Morgan fingerprint density at radius 2 is 2.13 bits per heavy atom. The zero-order valence-electron chi connectivity index (χ0n) is 9.54. The van der Waals surface area contributed by atoms with Crippen LogP contribution in [0.3, 0.4) is 0 Å². The average molecular weight is 206 g/mol. The van der Waals surface area contributed by atoms with Crippen molar-refractivity contribution in [3.8, 4) is 0 Å². The minimum atomic E-state index is 0.287. The summed E-state index contributed by atoms with van der Waals surface area (Å²) < 4.78 is 0. The molecule has 15 heavy (non-hydrogen) atoms. The van der Waals surface area contributed by atoms with Gasteiger partial charge in [-0.1, -0.05) is 13.2 Å². The largest absolute Gasteiger partial charge is 0.369 e. The van der Waals surface area contributed by atoms with E-state index >= 15 is 0 Å². The zero-order valence-corrected chi connectivity index (χ0v) is 9.54. The molecule has 4 nitrogen and oxygen atoms in total. The predicted octanol–water partition coefficient (Wildman–Crippen LogP) is 1.50. The molecule has 0 aromatic heterocycles. The Bertz CT molecular complexity index is 350. The van der Waals surface area contributed by atoms with Crippen molar-refractivity contribution in [1.82, 2.24) is 10.2 Å². The van der Waals surface area contributed by atoms with Crippen LogP contribution in [0.2, 0.25) is 0 Å². The smallest absolute Gasteiger partial charge is 0.199 e. The number of guanidine groups is 1. The van der Waals surface area contributed by atoms with E-state index in [0.29, 0.717) is 5.96 Å². The van der Waals surface area contributed by atoms with Gasteiger partial charge in [0.05, 0.1) is 0 Å². The molecule has 4 heteroatoms. The van der Waals surface area contributed by atoms with Crippen LogP contribution < -0.4 is 11.1 Å². The molecule has 0 spiro atoms. The number of nitrogens with one attached hydrogen (secondary N) is 1. The summed E-state index contributed by atoms with van der Waals surface area (Å²) in [6, 6.07) is 0.287. The van der Waals surface area contributed by atoms with Gasteiger partial charge in [0.25, 0.3) is 0 Å². The summed E-state index contributed by atoms with van der Waals surface area (Å²) in [5, 5.41) is 2.89. The molecule has 0 aromatic carbocycles. The van der Waals surface area contributed by atoms with Crippen LogP contribution in [0.5, 0.6) is 0 Å². The number of allylic oxidation sites excluding steroid dienone is 1. The van der Waals surface area contributed by atoms with Gasteiger partial charge in [0, 0.05) is 17.3 Å². The van der Waals surface area contributed by atoms with Gasteiger partial charge in [0.15, 0.2) is 5.96 Å². The highest BCUT2D eigenvalue weighted by atomic mass is 15.3. The Balaban J connectivity index is 3.15. The van der Waals surface area contributed by atoms with Crippen molar-refractivity contribution in [2.24, 2.45) is 10.7 Å². The van der Waals surface area contributed by atoms with E-state index in [9.17, 15) is 0 Å². The molecule has 0 amide bonds. The number of hydrogen-bond acceptors (Lipinski definition) is 4. The van der Waals surface area contributed by atoms with Crippen molar-refractivity contribution in [3.05, 3.63) is 36.4 Å². The second kappa shape index (κ2) is 4.21. The lowest BCUT2D eigenvalue weighted by molar-refractivity contribution is 0.377. The van der Waals surface area contributed by atoms with Crippen molar-refractivity contribution in [1.29, 1.82) is 0 Å². The summed E-state index contributed by atoms with van der Waals surface area (Å²) >= 11 is 0. The monoisotopic (exact) mass is 206 g/mol. The van der Waals surface area contributed by atoms with Gasteiger partial charge in [-0.2, -0.15) is 4.99 Å². The summed E-state index contributed by atoms with van der Waals surface area (Å²) in [6.07, 6.45) is 1.75. The van der Waals surface area contributed by atoms with Crippen molar-refractivity contribution in [2.75, 3.05) is 0 Å². The van der Waals surface area contributed by atoms with Crippen molar-refractivity contribution >= 4 is 5.96 Å². The van der Waals surface area contributed by atoms with Crippen LogP contribution >= 0.6 is 0 Å². The maximum atomic E-state index is 5.65. The van der Waals surface area contributed by atoms with E-state index in [1.165, 1.54) is 0 Å². The molecule has 1 rings (SSSR count). The molecule has 82 valence electrons. The average Bonchev–Trinajstić information content (AvgIpc) is 2.13. The summed E-state index contributed by atoms with van der Waals surface area (Å²) in [5.74, 6) is 1.18. The van der Waals surface area contributed by atoms with Gasteiger partial charge in [-0.15, -0.1) is 0 Å². The normalized spacial score (nSPS) is 16.3. The van der Waals surface area contributed by atoms with E-state index in [1.54, 1.807) is 6.20 Å². The van der Waals surface area contributed by atoms with E-state index in [0.717, 1.165) is 17.1 Å². The first-order valence-electron chi connectivity index (χ1n) is 4.89. The first kappa shape index (κ1) is 11.4. The minimum Gasteiger partial charge on any atom is -0.369 e. The Hall–Kier alpha value is -1.71. The van der Waals surface area contributed by atoms with E-state index in [4.69, 9.17) is 5.73 Å². The van der Waals surface area contributed by atoms with Gasteiger partial charge in [-0.05, 0) is 27.0 Å². The van der Waals surface area contributed by atoms with Crippen LogP contribution in [0, 0.1) is 0 Å². The molecular formula is C11H18N4. The number of nitrogens with zero attached hydrogens (tertiary/aromatic N) is 2. The molecule has 0 atom stereocenters. The van der Waals surface area contributed by atoms with Crippen LogP contribution in [0.25, 0.3) is 0 Å². The number of aliphatic imine (C=N–C) groups is 1. The quantitative estimate of drug-likeness (QED) is 0.736. The number of hydrogen-bond donors (Lipinski definition) is 2. The summed E-state index contributed by atoms with van der Waals surface area (Å²) in [5.41, 5.74) is 7.42. The van der Waals surface area contributed by atoms with Gasteiger partial charge in [0.2, 0.25) is 0 Å². The van der Waals surface area contributed by atoms with E-state index < -0.39 is 0 Å². The van der Waals surface area contributed by atoms with Crippen LogP contribution in [-0.4, -0.2) is 16.9 Å². The van der Waals surface area contributed by atoms with Gasteiger partial charge in [0.1, 0.15) is 5.82 Å². The van der Waals surface area contributed by atoms with E-state index in [-0.39, 0.29) is 6.04 Å². The molecule has 0 radical (unpaired) electrons. The first-order chi connectivity index (χ1) is 6.97. The zero-order chi connectivity index (χ0) is 11.6. The van der Waals surface area contributed by atoms with Crippen LogP contribution in [0.1, 0.15) is 20.8 Å². The van der Waals surface area contributed by atoms with Crippen LogP contribution in [0.4, 0.5) is 0 Å². The van der Waals surface area contributed by atoms with Gasteiger partial charge in [-0.3, -0.25) is 0 Å². The van der Waals surface area contributed by atoms with Crippen LogP contribution in [0.15, 0.2) is 41.4 Å². The second-order valence-electron chi connectivity index (χ2n) is 3.73. The molecule has 0 saturated carbocycles. The summed E-state index contributed by atoms with van der Waals surface area (Å²) in [6.45, 7) is 13.7. The Kier molecular flexibility index (Phi) is 3.19. The van der Waals surface area contributed by atoms with Crippen molar-refractivity contribution < 1.29 is 0 Å². The third-order valence-corrected chi connectivity index (χ3v) is 2.29. The van der Waals surface area contributed by atoms with Crippen molar-refractivity contribution in [2.45, 2.75) is 26.8 Å². The Morgan fingerprint density at radius 3 is 2.60 bits per heavy atom. The topological polar surface area (TPSA) is 53.6 Å². The van der Waals surface area contributed by atoms with E-state index in [2.05, 4.69) is 37.3 Å². The molecule has 3 N–H and O–H groups in total. The number of nitrogens with two attached hydrogens (primary N) is 1. The maximum Gasteiger partial charge on any atom is 0.199 e. The molecule has 1 heterocycles. The lowest BCUT2D eigenvalue weighted by Crippen LogP contribution is -2.37. The third kappa shape index (κ3) is 2.21. The molecule has 0 saturated heterocycles. The molecule has 1 aliphatic rings. The maximum absolute atomic E-state index is 5.65. The molecule has 0 bridgehead atoms. The SMILES string of the molecule is C=CN(C1=C(C)C(=C)NC(N)=N1)C(C)C. The Labute approximate surface area is 90.9 Å². The molecule has 1 aliphatic heterocycles. The lowest BCUT2D eigenvalue weighted by Gasteiger charge is -2.29. The first-order valence-corrected chi connectivity index (χ1v) is 4.89. The molecule has 0 fully saturated rings. The Morgan fingerprint density at radius 1 is 1.53 bits per heavy atom. The predicted molar refractivity (Wildman–Crippen MR) is 63.8 cm³/mol. The third-order valence-electron chi connectivity index (χ3n) is 2.29. The van der Waals surface area contributed by atoms with Gasteiger partial charge in [-0.25, -0.2) is 0 Å². The standard InChI is InChI=1S/C11H18N4/c1-6-15(7(2)3)10-8(4)9(5)13-11(12)14-10/h6-7H,1,5H2,2-4H3,(H3,12,13,14). The molecule has 0 aromatic rings. The fourth-order valence-corrected chi connectivity index (χ4v) is 1.40. The molecular weight excluding hydrogens is 188 g/mol. The van der Waals surface area contributed by atoms with Crippen molar-refractivity contribution in [3.63, 3.8) is 0 Å². The number of rotatable bonds is 3. The minimum absolute atomic E-state index is 0.287. The highest BCUT2D eigenvalue weighted by Crippen LogP contribution is 2.21. The van der Waals surface area contributed by atoms with Crippen LogP contribution in [-0.2, 0) is 0 Å². The summed E-state index contributed by atoms with van der Waals surface area (Å²) in [4.78, 5) is 6.23. The second-order valence-corrected chi connectivity index (χ2v) is 3.73. The fourth-order valence-electron chi connectivity index (χ4n) is 1.40. The molecule has 0 unspecified atom stereocenters. The summed E-state index contributed by atoms with van der Waals surface area (Å²) in [7, 11) is 0. The lowest BCUT2D eigenvalue weighted by atomic mass is 10.2. The molecule has 0 aliphatic carbocycles.